The molecule has 0 aliphatic carbocycles. The molecule has 3 rings (SSSR count). The third kappa shape index (κ3) is 4.00. The fraction of sp³-hybridized carbons (Fsp3) is 0.278. The summed E-state index contributed by atoms with van der Waals surface area (Å²) in [6, 6.07) is 5.36. The van der Waals surface area contributed by atoms with E-state index in [1.807, 2.05) is 6.07 Å². The minimum Gasteiger partial charge on any atom is -0.444 e. The first-order chi connectivity index (χ1) is 12.8. The smallest absolute Gasteiger partial charge is 0.277 e. The van der Waals surface area contributed by atoms with Gasteiger partial charge in [0, 0.05) is 6.54 Å². The molecule has 2 heterocycles. The van der Waals surface area contributed by atoms with Gasteiger partial charge in [0.15, 0.2) is 0 Å². The van der Waals surface area contributed by atoms with Crippen molar-refractivity contribution >= 4 is 45.8 Å². The molecule has 0 saturated heterocycles. The number of aryl methyl sites for hydroxylation is 2. The number of fused-ring (bicyclic) bond motifs is 1. The molecule has 0 saturated carbocycles. The maximum atomic E-state index is 12.4. The first-order valence-corrected chi connectivity index (χ1v) is 8.93. The average Bonchev–Trinajstić information content (AvgIpc) is 2.92. The molecule has 3 aromatic rings. The molecule has 7 nitrogen and oxygen atoms in total. The Balaban J connectivity index is 1.75. The minimum atomic E-state index is -0.415. The molecule has 2 N–H and O–H groups in total. The number of amides is 1. The molecule has 142 valence electrons. The Labute approximate surface area is 165 Å². The van der Waals surface area contributed by atoms with Crippen molar-refractivity contribution in [2.75, 3.05) is 18.9 Å². The molecule has 0 bridgehead atoms. The molecule has 2 aromatic heterocycles. The third-order valence-corrected chi connectivity index (χ3v) is 4.99. The van der Waals surface area contributed by atoms with Crippen LogP contribution in [0.1, 0.15) is 17.0 Å². The molecule has 0 aliphatic rings. The van der Waals surface area contributed by atoms with E-state index in [0.717, 1.165) is 5.56 Å². The van der Waals surface area contributed by atoms with Gasteiger partial charge in [-0.15, -0.1) is 0 Å². The van der Waals surface area contributed by atoms with Crippen LogP contribution in [0.2, 0.25) is 10.0 Å². The van der Waals surface area contributed by atoms with E-state index < -0.39 is 5.56 Å². The molecule has 9 heteroatoms. The van der Waals surface area contributed by atoms with Crippen LogP contribution in [0.5, 0.6) is 0 Å². The summed E-state index contributed by atoms with van der Waals surface area (Å²) in [5, 5.41) is 10.8. The number of rotatable bonds is 5. The highest BCUT2D eigenvalue weighted by Crippen LogP contribution is 2.28. The van der Waals surface area contributed by atoms with Gasteiger partial charge in [0.05, 0.1) is 27.7 Å². The number of hydrogen-bond donors (Lipinski definition) is 2. The number of H-pyrrole nitrogens is 1. The SMILES string of the molecule is Cc1n[nH]c(=O)c2c(NC(=O)CN(C)Cc3cccc(Cl)c3Cl)oc(C)c12. The lowest BCUT2D eigenvalue weighted by Gasteiger charge is -2.17. The quantitative estimate of drug-likeness (QED) is 0.673. The second-order valence-electron chi connectivity index (χ2n) is 6.31. The molecule has 0 atom stereocenters. The fourth-order valence-corrected chi connectivity index (χ4v) is 3.34. The van der Waals surface area contributed by atoms with E-state index in [9.17, 15) is 9.59 Å². The summed E-state index contributed by atoms with van der Waals surface area (Å²) in [6.45, 7) is 3.99. The Morgan fingerprint density at radius 3 is 2.78 bits per heavy atom. The fourth-order valence-electron chi connectivity index (χ4n) is 2.96. The second kappa shape index (κ2) is 7.72. The number of furan rings is 1. The number of carbonyl (C=O) groups excluding carboxylic acids is 1. The van der Waals surface area contributed by atoms with E-state index in [0.29, 0.717) is 33.4 Å². The van der Waals surface area contributed by atoms with Gasteiger partial charge in [0.1, 0.15) is 11.1 Å². The van der Waals surface area contributed by atoms with Crippen molar-refractivity contribution in [2.45, 2.75) is 20.4 Å². The van der Waals surface area contributed by atoms with Crippen molar-refractivity contribution in [3.8, 4) is 0 Å². The molecule has 0 fully saturated rings. The summed E-state index contributed by atoms with van der Waals surface area (Å²) in [7, 11) is 1.78. The summed E-state index contributed by atoms with van der Waals surface area (Å²) >= 11 is 12.2. The van der Waals surface area contributed by atoms with Crippen molar-refractivity contribution < 1.29 is 9.21 Å². The highest BCUT2D eigenvalue weighted by Gasteiger charge is 2.19. The summed E-state index contributed by atoms with van der Waals surface area (Å²) in [4.78, 5) is 26.3. The lowest BCUT2D eigenvalue weighted by atomic mass is 10.2. The molecular weight excluding hydrogens is 391 g/mol. The van der Waals surface area contributed by atoms with Crippen LogP contribution < -0.4 is 10.9 Å². The Kier molecular flexibility index (Phi) is 5.55. The number of aromatic amines is 1. The lowest BCUT2D eigenvalue weighted by Crippen LogP contribution is -2.30. The van der Waals surface area contributed by atoms with Gasteiger partial charge in [-0.05, 0) is 32.5 Å². The number of hydrogen-bond acceptors (Lipinski definition) is 5. The molecule has 0 unspecified atom stereocenters. The van der Waals surface area contributed by atoms with Gasteiger partial charge in [0.2, 0.25) is 11.8 Å². The van der Waals surface area contributed by atoms with E-state index in [2.05, 4.69) is 15.5 Å². The molecule has 0 radical (unpaired) electrons. The Morgan fingerprint density at radius 1 is 1.30 bits per heavy atom. The van der Waals surface area contributed by atoms with Gasteiger partial charge in [0.25, 0.3) is 5.56 Å². The number of nitrogens with zero attached hydrogens (tertiary/aromatic N) is 2. The zero-order valence-corrected chi connectivity index (χ0v) is 16.5. The zero-order chi connectivity index (χ0) is 19.7. The average molecular weight is 409 g/mol. The normalized spacial score (nSPS) is 11.3. The van der Waals surface area contributed by atoms with Gasteiger partial charge in [-0.2, -0.15) is 5.10 Å². The van der Waals surface area contributed by atoms with Crippen molar-refractivity contribution in [2.24, 2.45) is 0 Å². The molecule has 1 amide bonds. The van der Waals surface area contributed by atoms with E-state index >= 15 is 0 Å². The molecular formula is C18H18Cl2N4O3. The Morgan fingerprint density at radius 2 is 2.04 bits per heavy atom. The second-order valence-corrected chi connectivity index (χ2v) is 7.09. The number of benzene rings is 1. The Hall–Kier alpha value is -2.35. The first kappa shape index (κ1) is 19.4. The van der Waals surface area contributed by atoms with Gasteiger partial charge < -0.3 is 4.42 Å². The predicted molar refractivity (Wildman–Crippen MR) is 106 cm³/mol. The highest BCUT2D eigenvalue weighted by atomic mass is 35.5. The largest absolute Gasteiger partial charge is 0.444 e. The van der Waals surface area contributed by atoms with Crippen LogP contribution in [-0.4, -0.2) is 34.6 Å². The van der Waals surface area contributed by atoms with E-state index in [-0.39, 0.29) is 23.7 Å². The van der Waals surface area contributed by atoms with Crippen LogP contribution in [0, 0.1) is 13.8 Å². The zero-order valence-electron chi connectivity index (χ0n) is 15.0. The third-order valence-electron chi connectivity index (χ3n) is 4.14. The van der Waals surface area contributed by atoms with Crippen molar-refractivity contribution in [3.63, 3.8) is 0 Å². The summed E-state index contributed by atoms with van der Waals surface area (Å²) in [5.41, 5.74) is 1.03. The first-order valence-electron chi connectivity index (χ1n) is 8.17. The van der Waals surface area contributed by atoms with Gasteiger partial charge >= 0.3 is 0 Å². The van der Waals surface area contributed by atoms with Crippen LogP contribution in [0.25, 0.3) is 10.8 Å². The number of aromatic nitrogens is 2. The minimum absolute atomic E-state index is 0.0755. The molecule has 1 aromatic carbocycles. The van der Waals surface area contributed by atoms with E-state index in [1.54, 1.807) is 37.9 Å². The van der Waals surface area contributed by atoms with E-state index in [1.165, 1.54) is 0 Å². The van der Waals surface area contributed by atoms with Gasteiger partial charge in [-0.1, -0.05) is 35.3 Å². The van der Waals surface area contributed by atoms with Crippen LogP contribution in [0.15, 0.2) is 27.4 Å². The molecule has 27 heavy (non-hydrogen) atoms. The summed E-state index contributed by atoms with van der Waals surface area (Å²) < 4.78 is 5.58. The van der Waals surface area contributed by atoms with Gasteiger partial charge in [-0.3, -0.25) is 19.8 Å². The number of likely N-dealkylation sites (N-methyl/N-ethyl adjacent to an activating group) is 1. The number of halogens is 2. The molecule has 0 aliphatic heterocycles. The summed E-state index contributed by atoms with van der Waals surface area (Å²) in [6.07, 6.45) is 0. The van der Waals surface area contributed by atoms with Crippen LogP contribution in [0.3, 0.4) is 0 Å². The standard InChI is InChI=1S/C18H18Cl2N4O3/c1-9-14-10(2)27-18(15(14)17(26)23-22-9)21-13(25)8-24(3)7-11-5-4-6-12(19)16(11)20/h4-6H,7-8H2,1-3H3,(H,21,25)(H,23,26). The number of anilines is 1. The van der Waals surface area contributed by atoms with Crippen LogP contribution in [0.4, 0.5) is 5.88 Å². The maximum absolute atomic E-state index is 12.4. The number of carbonyl (C=O) groups is 1. The highest BCUT2D eigenvalue weighted by molar-refractivity contribution is 6.42. The predicted octanol–water partition coefficient (Wildman–Crippen LogP) is 3.51. The van der Waals surface area contributed by atoms with Crippen LogP contribution >= 0.6 is 23.2 Å². The van der Waals surface area contributed by atoms with Gasteiger partial charge in [-0.25, -0.2) is 5.10 Å². The van der Waals surface area contributed by atoms with Crippen LogP contribution in [-0.2, 0) is 11.3 Å². The van der Waals surface area contributed by atoms with Crippen molar-refractivity contribution in [1.82, 2.24) is 15.1 Å². The van der Waals surface area contributed by atoms with E-state index in [4.69, 9.17) is 27.6 Å². The molecule has 0 spiro atoms. The van der Waals surface area contributed by atoms with Crippen molar-refractivity contribution in [1.29, 1.82) is 0 Å². The monoisotopic (exact) mass is 408 g/mol. The lowest BCUT2D eigenvalue weighted by molar-refractivity contribution is -0.117. The van der Waals surface area contributed by atoms with Crippen molar-refractivity contribution in [3.05, 3.63) is 55.6 Å². The summed E-state index contributed by atoms with van der Waals surface area (Å²) in [5.74, 6) is 0.323. The topological polar surface area (TPSA) is 91.2 Å². The maximum Gasteiger partial charge on any atom is 0.277 e. The Bertz CT molecular complexity index is 1070. The number of nitrogens with one attached hydrogen (secondary N) is 2.